The molecule has 30 heavy (non-hydrogen) atoms. The van der Waals surface area contributed by atoms with Crippen LogP contribution < -0.4 is 9.93 Å². The summed E-state index contributed by atoms with van der Waals surface area (Å²) in [6.45, 7) is 2.01. The quantitative estimate of drug-likeness (QED) is 0.449. The van der Waals surface area contributed by atoms with Crippen LogP contribution >= 0.6 is 11.6 Å². The van der Waals surface area contributed by atoms with Crippen LogP contribution in [0.4, 0.5) is 5.69 Å². The number of esters is 1. The molecule has 156 valence electrons. The lowest BCUT2D eigenvalue weighted by Crippen LogP contribution is -2.27. The summed E-state index contributed by atoms with van der Waals surface area (Å²) < 4.78 is 35.6. The number of ether oxygens (including phenoxy) is 1. The monoisotopic (exact) mass is 447 g/mol. The zero-order valence-corrected chi connectivity index (χ0v) is 17.8. The molecule has 0 bridgehead atoms. The summed E-state index contributed by atoms with van der Waals surface area (Å²) in [4.78, 5) is 24.4. The molecule has 2 aromatic carbocycles. The Morgan fingerprint density at radius 1 is 1.23 bits per heavy atom. The second-order valence-electron chi connectivity index (χ2n) is 7.19. The molecule has 0 fully saturated rings. The minimum atomic E-state index is -3.36. The first-order valence-corrected chi connectivity index (χ1v) is 11.4. The molecule has 0 aliphatic carbocycles. The van der Waals surface area contributed by atoms with Crippen molar-refractivity contribution in [2.45, 2.75) is 20.0 Å². The fourth-order valence-electron chi connectivity index (χ4n) is 3.54. The van der Waals surface area contributed by atoms with E-state index in [9.17, 15) is 18.0 Å². The normalized spacial score (nSPS) is 13.5. The van der Waals surface area contributed by atoms with Gasteiger partial charge >= 0.3 is 11.6 Å². The number of aryl methyl sites for hydroxylation is 1. The van der Waals surface area contributed by atoms with Crippen molar-refractivity contribution in [1.29, 1.82) is 0 Å². The third kappa shape index (κ3) is 3.80. The van der Waals surface area contributed by atoms with Crippen molar-refractivity contribution in [3.05, 3.63) is 74.1 Å². The standard InChI is InChI=1S/C21H18ClNO6S/c1-12-7-19-16(10-17(12)22)15(9-20(24)29-19)11-28-21(25)14-3-4-18-13(8-14)5-6-23(18)30(2,26)27/h3-4,7-10H,5-6,11H2,1-2H3. The van der Waals surface area contributed by atoms with Crippen molar-refractivity contribution in [3.8, 4) is 0 Å². The van der Waals surface area contributed by atoms with E-state index in [1.54, 1.807) is 31.2 Å². The molecular weight excluding hydrogens is 430 g/mol. The van der Waals surface area contributed by atoms with Crippen molar-refractivity contribution in [2.75, 3.05) is 17.1 Å². The van der Waals surface area contributed by atoms with E-state index in [1.807, 2.05) is 0 Å². The summed E-state index contributed by atoms with van der Waals surface area (Å²) in [5.74, 6) is -0.574. The van der Waals surface area contributed by atoms with E-state index in [2.05, 4.69) is 0 Å². The summed E-state index contributed by atoms with van der Waals surface area (Å²) in [5.41, 5.74) is 2.73. The maximum absolute atomic E-state index is 12.6. The highest BCUT2D eigenvalue weighted by atomic mass is 35.5. The van der Waals surface area contributed by atoms with Crippen molar-refractivity contribution in [2.24, 2.45) is 0 Å². The first-order valence-electron chi connectivity index (χ1n) is 9.14. The molecule has 2 heterocycles. The number of rotatable bonds is 4. The van der Waals surface area contributed by atoms with Crippen LogP contribution in [0.5, 0.6) is 0 Å². The number of benzene rings is 2. The van der Waals surface area contributed by atoms with Crippen LogP contribution in [-0.4, -0.2) is 27.2 Å². The molecule has 0 N–H and O–H groups in total. The molecule has 4 rings (SSSR count). The average Bonchev–Trinajstić information content (AvgIpc) is 3.11. The summed E-state index contributed by atoms with van der Waals surface area (Å²) in [6, 6.07) is 9.39. The molecule has 7 nitrogen and oxygen atoms in total. The zero-order chi connectivity index (χ0) is 21.6. The molecule has 0 radical (unpaired) electrons. The molecule has 1 aliphatic heterocycles. The number of fused-ring (bicyclic) bond motifs is 2. The second-order valence-corrected chi connectivity index (χ2v) is 9.51. The number of hydrogen-bond donors (Lipinski definition) is 0. The number of hydrogen-bond acceptors (Lipinski definition) is 6. The molecule has 3 aromatic rings. The molecule has 0 saturated heterocycles. The summed E-state index contributed by atoms with van der Waals surface area (Å²) in [7, 11) is -3.36. The topological polar surface area (TPSA) is 93.9 Å². The molecule has 0 amide bonds. The lowest BCUT2D eigenvalue weighted by Gasteiger charge is -2.16. The van der Waals surface area contributed by atoms with E-state index in [4.69, 9.17) is 20.8 Å². The lowest BCUT2D eigenvalue weighted by molar-refractivity contribution is 0.0473. The van der Waals surface area contributed by atoms with Gasteiger partial charge in [0.05, 0.1) is 17.5 Å². The van der Waals surface area contributed by atoms with Crippen LogP contribution in [0.25, 0.3) is 11.0 Å². The number of halogens is 1. The largest absolute Gasteiger partial charge is 0.457 e. The molecule has 0 atom stereocenters. The second kappa shape index (κ2) is 7.45. The van der Waals surface area contributed by atoms with Gasteiger partial charge < -0.3 is 9.15 Å². The Balaban J connectivity index is 1.58. The minimum Gasteiger partial charge on any atom is -0.457 e. The van der Waals surface area contributed by atoms with Gasteiger partial charge in [-0.2, -0.15) is 0 Å². The van der Waals surface area contributed by atoms with Gasteiger partial charge in [-0.15, -0.1) is 0 Å². The smallest absolute Gasteiger partial charge is 0.338 e. The summed E-state index contributed by atoms with van der Waals surface area (Å²) >= 11 is 6.18. The number of sulfonamides is 1. The number of carbonyl (C=O) groups is 1. The van der Waals surface area contributed by atoms with E-state index in [0.29, 0.717) is 45.8 Å². The Morgan fingerprint density at radius 3 is 2.73 bits per heavy atom. The van der Waals surface area contributed by atoms with Crippen molar-refractivity contribution < 1.29 is 22.4 Å². The maximum Gasteiger partial charge on any atom is 0.338 e. The van der Waals surface area contributed by atoms with Gasteiger partial charge in [0.25, 0.3) is 0 Å². The molecule has 0 saturated carbocycles. The van der Waals surface area contributed by atoms with Crippen molar-refractivity contribution in [1.82, 2.24) is 0 Å². The third-order valence-corrected chi connectivity index (χ3v) is 6.62. The van der Waals surface area contributed by atoms with Crippen LogP contribution in [0, 0.1) is 6.92 Å². The van der Waals surface area contributed by atoms with Crippen LogP contribution in [-0.2, 0) is 27.8 Å². The van der Waals surface area contributed by atoms with E-state index < -0.39 is 21.6 Å². The fraction of sp³-hybridized carbons (Fsp3) is 0.238. The predicted molar refractivity (Wildman–Crippen MR) is 114 cm³/mol. The molecule has 1 aromatic heterocycles. The summed E-state index contributed by atoms with van der Waals surface area (Å²) in [5, 5.41) is 1.11. The van der Waals surface area contributed by atoms with Crippen LogP contribution in [0.3, 0.4) is 0 Å². The van der Waals surface area contributed by atoms with Crippen molar-refractivity contribution >= 4 is 44.3 Å². The van der Waals surface area contributed by atoms with E-state index >= 15 is 0 Å². The third-order valence-electron chi connectivity index (χ3n) is 5.04. The molecular formula is C21H18ClNO6S. The van der Waals surface area contributed by atoms with Crippen LogP contribution in [0.2, 0.25) is 5.02 Å². The fourth-order valence-corrected chi connectivity index (χ4v) is 4.66. The van der Waals surface area contributed by atoms with E-state index in [1.165, 1.54) is 16.4 Å². The number of anilines is 1. The van der Waals surface area contributed by atoms with Crippen LogP contribution in [0.15, 0.2) is 45.6 Å². The first kappa shape index (κ1) is 20.4. The van der Waals surface area contributed by atoms with Crippen LogP contribution in [0.1, 0.15) is 27.0 Å². The highest BCUT2D eigenvalue weighted by Gasteiger charge is 2.27. The van der Waals surface area contributed by atoms with Gasteiger partial charge in [0.2, 0.25) is 10.0 Å². The SMILES string of the molecule is Cc1cc2oc(=O)cc(COC(=O)c3ccc4c(c3)CCN4S(C)(=O)=O)c2cc1Cl. The van der Waals surface area contributed by atoms with E-state index in [0.717, 1.165) is 17.4 Å². The Labute approximate surface area is 177 Å². The highest BCUT2D eigenvalue weighted by molar-refractivity contribution is 7.92. The van der Waals surface area contributed by atoms with Crippen molar-refractivity contribution in [3.63, 3.8) is 0 Å². The summed E-state index contributed by atoms with van der Waals surface area (Å²) in [6.07, 6.45) is 1.67. The van der Waals surface area contributed by atoms with Gasteiger partial charge in [-0.1, -0.05) is 11.6 Å². The maximum atomic E-state index is 12.6. The average molecular weight is 448 g/mol. The van der Waals surface area contributed by atoms with Gasteiger partial charge in [0, 0.05) is 28.6 Å². The molecule has 1 aliphatic rings. The van der Waals surface area contributed by atoms with Gasteiger partial charge in [-0.3, -0.25) is 4.31 Å². The number of nitrogens with zero attached hydrogens (tertiary/aromatic N) is 1. The molecule has 0 spiro atoms. The molecule has 0 unspecified atom stereocenters. The molecule has 9 heteroatoms. The predicted octanol–water partition coefficient (Wildman–Crippen LogP) is 3.43. The Kier molecular flexibility index (Phi) is 5.07. The Bertz CT molecular complexity index is 1350. The van der Waals surface area contributed by atoms with Gasteiger partial charge in [-0.05, 0) is 54.8 Å². The minimum absolute atomic E-state index is 0.132. The Hall–Kier alpha value is -2.84. The number of carbonyl (C=O) groups excluding carboxylic acids is 1. The zero-order valence-electron chi connectivity index (χ0n) is 16.3. The lowest BCUT2D eigenvalue weighted by atomic mass is 10.1. The van der Waals surface area contributed by atoms with Gasteiger partial charge in [0.1, 0.15) is 12.2 Å². The van der Waals surface area contributed by atoms with Gasteiger partial charge in [0.15, 0.2) is 0 Å². The highest BCUT2D eigenvalue weighted by Crippen LogP contribution is 2.31. The first-order chi connectivity index (χ1) is 14.1. The Morgan fingerprint density at radius 2 is 2.00 bits per heavy atom. The van der Waals surface area contributed by atoms with Gasteiger partial charge in [-0.25, -0.2) is 18.0 Å². The van der Waals surface area contributed by atoms with E-state index in [-0.39, 0.29) is 6.61 Å².